The number of amides is 1. The number of methoxy groups -OCH3 is 1. The summed E-state index contributed by atoms with van der Waals surface area (Å²) in [5.41, 5.74) is 3.17. The maximum Gasteiger partial charge on any atom is 0.249 e. The highest BCUT2D eigenvalue weighted by molar-refractivity contribution is 7.88. The number of fused-ring (bicyclic) bond motifs is 3. The molecular weight excluding hydrogens is 477 g/mol. The van der Waals surface area contributed by atoms with Crippen molar-refractivity contribution in [3.63, 3.8) is 0 Å². The third-order valence-corrected chi connectivity index (χ3v) is 8.65. The van der Waals surface area contributed by atoms with Gasteiger partial charge >= 0.3 is 0 Å². The third kappa shape index (κ3) is 3.84. The number of carbonyl (C=O) groups is 1. The molecule has 1 aromatic carbocycles. The highest BCUT2D eigenvalue weighted by atomic mass is 35.5. The van der Waals surface area contributed by atoms with Crippen molar-refractivity contribution in [2.75, 3.05) is 33.1 Å². The molecule has 0 aliphatic carbocycles. The average molecular weight is 502 g/mol. The molecule has 0 bridgehead atoms. The number of halogens is 2. The van der Waals surface area contributed by atoms with Crippen molar-refractivity contribution >= 4 is 50.0 Å². The lowest BCUT2D eigenvalue weighted by molar-refractivity contribution is -0.136. The number of sulfonamides is 1. The first-order valence-electron chi connectivity index (χ1n) is 10.3. The zero-order valence-electron chi connectivity index (χ0n) is 18.1. The van der Waals surface area contributed by atoms with Crippen LogP contribution in [0, 0.1) is 0 Å². The van der Waals surface area contributed by atoms with Gasteiger partial charge in [-0.1, -0.05) is 23.2 Å². The fourth-order valence-electron chi connectivity index (χ4n) is 4.84. The van der Waals surface area contributed by atoms with Crippen LogP contribution in [0.1, 0.15) is 48.5 Å². The molecule has 1 saturated heterocycles. The summed E-state index contributed by atoms with van der Waals surface area (Å²) < 4.78 is 30.7. The second kappa shape index (κ2) is 8.61. The predicted molar refractivity (Wildman–Crippen MR) is 123 cm³/mol. The van der Waals surface area contributed by atoms with Gasteiger partial charge < -0.3 is 14.7 Å². The van der Waals surface area contributed by atoms with Crippen LogP contribution in [-0.4, -0.2) is 66.7 Å². The first kappa shape index (κ1) is 23.5. The molecule has 8 nitrogen and oxygen atoms in total. The normalized spacial score (nSPS) is 20.1. The molecule has 1 aromatic heterocycles. The Morgan fingerprint density at radius 3 is 2.50 bits per heavy atom. The summed E-state index contributed by atoms with van der Waals surface area (Å²) in [6.45, 7) is 2.46. The zero-order valence-corrected chi connectivity index (χ0v) is 20.4. The van der Waals surface area contributed by atoms with Crippen LogP contribution in [0.4, 0.5) is 0 Å². The number of nitrogens with zero attached hydrogens (tertiary/aromatic N) is 3. The van der Waals surface area contributed by atoms with Crippen molar-refractivity contribution in [2.45, 2.75) is 38.3 Å². The fraction of sp³-hybridized carbons (Fsp3) is 0.524. The van der Waals surface area contributed by atoms with Crippen LogP contribution >= 0.6 is 23.2 Å². The number of hydrogen-bond donors (Lipinski definition) is 1. The minimum atomic E-state index is -3.25. The smallest absolute Gasteiger partial charge is 0.249 e. The van der Waals surface area contributed by atoms with Crippen LogP contribution in [0.3, 0.4) is 0 Å². The van der Waals surface area contributed by atoms with E-state index in [4.69, 9.17) is 32.9 Å². The van der Waals surface area contributed by atoms with Crippen molar-refractivity contribution in [2.24, 2.45) is 0 Å². The molecule has 32 heavy (non-hydrogen) atoms. The summed E-state index contributed by atoms with van der Waals surface area (Å²) in [6, 6.07) is 1.49. The van der Waals surface area contributed by atoms with Gasteiger partial charge in [-0.2, -0.15) is 0 Å². The van der Waals surface area contributed by atoms with E-state index in [1.807, 2.05) is 6.92 Å². The lowest BCUT2D eigenvalue weighted by atomic mass is 9.88. The molecule has 1 atom stereocenters. The van der Waals surface area contributed by atoms with Crippen molar-refractivity contribution in [3.8, 4) is 5.75 Å². The highest BCUT2D eigenvalue weighted by Crippen LogP contribution is 2.47. The molecule has 4 rings (SSSR count). The Kier molecular flexibility index (Phi) is 6.32. The van der Waals surface area contributed by atoms with E-state index in [-0.39, 0.29) is 27.9 Å². The number of aliphatic hydroxyl groups is 1. The second-order valence-electron chi connectivity index (χ2n) is 8.28. The molecule has 2 aromatic rings. The van der Waals surface area contributed by atoms with E-state index in [0.717, 1.165) is 22.2 Å². The SMILES string of the molecule is COc1cc2c3c(c(C4CCN(S(C)(=O)=O)CC4)nc2c(Cl)c1Cl)CN(C(=O)CO)[C@H]3C. The number of pyridine rings is 1. The molecule has 0 unspecified atom stereocenters. The molecule has 174 valence electrons. The maximum atomic E-state index is 12.4. The van der Waals surface area contributed by atoms with E-state index in [2.05, 4.69) is 0 Å². The summed E-state index contributed by atoms with van der Waals surface area (Å²) in [6.07, 6.45) is 2.44. The largest absolute Gasteiger partial charge is 0.495 e. The van der Waals surface area contributed by atoms with E-state index >= 15 is 0 Å². The van der Waals surface area contributed by atoms with Crippen molar-refractivity contribution < 1.29 is 23.1 Å². The van der Waals surface area contributed by atoms with Crippen LogP contribution in [0.15, 0.2) is 6.07 Å². The number of rotatable bonds is 4. The second-order valence-corrected chi connectivity index (χ2v) is 11.0. The quantitative estimate of drug-likeness (QED) is 0.690. The topological polar surface area (TPSA) is 100 Å². The number of carbonyl (C=O) groups excluding carboxylic acids is 1. The number of piperidine rings is 1. The van der Waals surface area contributed by atoms with Crippen LogP contribution < -0.4 is 4.74 Å². The Morgan fingerprint density at radius 2 is 1.94 bits per heavy atom. The zero-order chi connectivity index (χ0) is 23.4. The van der Waals surface area contributed by atoms with Crippen LogP contribution in [0.25, 0.3) is 10.9 Å². The summed E-state index contributed by atoms with van der Waals surface area (Å²) in [5.74, 6) is 0.0627. The third-order valence-electron chi connectivity index (χ3n) is 6.50. The lowest BCUT2D eigenvalue weighted by Gasteiger charge is -2.31. The van der Waals surface area contributed by atoms with Gasteiger partial charge in [-0.05, 0) is 37.0 Å². The van der Waals surface area contributed by atoms with Crippen LogP contribution in [-0.2, 0) is 21.4 Å². The number of ether oxygens (including phenoxy) is 1. The van der Waals surface area contributed by atoms with Gasteiger partial charge in [0.05, 0.1) is 29.9 Å². The van der Waals surface area contributed by atoms with E-state index in [1.54, 1.807) is 11.0 Å². The minimum absolute atomic E-state index is 0.0134. The molecule has 1 N–H and O–H groups in total. The van der Waals surface area contributed by atoms with Crippen molar-refractivity contribution in [1.29, 1.82) is 0 Å². The molecule has 0 saturated carbocycles. The molecule has 2 aliphatic heterocycles. The minimum Gasteiger partial charge on any atom is -0.495 e. The Bertz CT molecular complexity index is 1200. The molecule has 2 aliphatic rings. The van der Waals surface area contributed by atoms with Gasteiger partial charge in [0, 0.05) is 36.6 Å². The fourth-order valence-corrected chi connectivity index (χ4v) is 6.18. The Labute approximate surface area is 197 Å². The standard InChI is InChI=1S/C21H25Cl2N3O5S/c1-11-17-13-8-15(31-2)18(22)19(23)21(13)24-20(14(17)9-26(11)16(28)10-27)12-4-6-25(7-5-12)32(3,29)30/h8,11-12,27H,4-7,9-10H2,1-3H3/t11-/m0/s1. The molecule has 0 spiro atoms. The number of benzene rings is 1. The molecule has 11 heteroatoms. The van der Waals surface area contributed by atoms with Crippen LogP contribution in [0.5, 0.6) is 5.75 Å². The van der Waals surface area contributed by atoms with Gasteiger partial charge in [0.1, 0.15) is 17.4 Å². The number of hydrogen-bond acceptors (Lipinski definition) is 6. The van der Waals surface area contributed by atoms with E-state index in [0.29, 0.717) is 43.7 Å². The molecule has 1 amide bonds. The average Bonchev–Trinajstić information content (AvgIpc) is 3.12. The Hall–Kier alpha value is -1.65. The first-order chi connectivity index (χ1) is 15.1. The lowest BCUT2D eigenvalue weighted by Crippen LogP contribution is -2.37. The summed E-state index contributed by atoms with van der Waals surface area (Å²) in [5, 5.41) is 10.8. The Balaban J connectivity index is 1.88. The van der Waals surface area contributed by atoms with Gasteiger partial charge in [0.2, 0.25) is 15.9 Å². The first-order valence-corrected chi connectivity index (χ1v) is 12.9. The summed E-state index contributed by atoms with van der Waals surface area (Å²) >= 11 is 13.0. The monoisotopic (exact) mass is 501 g/mol. The van der Waals surface area contributed by atoms with E-state index in [1.165, 1.54) is 17.7 Å². The Morgan fingerprint density at radius 1 is 1.28 bits per heavy atom. The van der Waals surface area contributed by atoms with E-state index < -0.39 is 16.6 Å². The van der Waals surface area contributed by atoms with E-state index in [9.17, 15) is 18.3 Å². The molecular formula is C21H25Cl2N3O5S. The number of aromatic nitrogens is 1. The summed E-state index contributed by atoms with van der Waals surface area (Å²) in [7, 11) is -1.74. The van der Waals surface area contributed by atoms with Gasteiger partial charge in [-0.15, -0.1) is 0 Å². The summed E-state index contributed by atoms with van der Waals surface area (Å²) in [4.78, 5) is 19.0. The number of aliphatic hydroxyl groups excluding tert-OH is 1. The maximum absolute atomic E-state index is 12.4. The predicted octanol–water partition coefficient (Wildman–Crippen LogP) is 3.08. The highest BCUT2D eigenvalue weighted by Gasteiger charge is 2.38. The van der Waals surface area contributed by atoms with Crippen molar-refractivity contribution in [3.05, 3.63) is 32.9 Å². The van der Waals surface area contributed by atoms with Crippen LogP contribution in [0.2, 0.25) is 10.0 Å². The van der Waals surface area contributed by atoms with Gasteiger partial charge in [-0.3, -0.25) is 9.78 Å². The molecule has 1 fully saturated rings. The van der Waals surface area contributed by atoms with Gasteiger partial charge in [-0.25, -0.2) is 12.7 Å². The molecule has 3 heterocycles. The molecule has 0 radical (unpaired) electrons. The van der Waals surface area contributed by atoms with Crippen molar-refractivity contribution in [1.82, 2.24) is 14.2 Å². The van der Waals surface area contributed by atoms with Gasteiger partial charge in [0.15, 0.2) is 0 Å². The van der Waals surface area contributed by atoms with Gasteiger partial charge in [0.25, 0.3) is 0 Å².